The van der Waals surface area contributed by atoms with Crippen molar-refractivity contribution >= 4 is 11.1 Å². The first-order valence-electron chi connectivity index (χ1n) is 3.28. The van der Waals surface area contributed by atoms with E-state index in [-0.39, 0.29) is 0 Å². The number of ether oxygens (including phenoxy) is 1. The molecular formula is C5H9O6S-. The van der Waals surface area contributed by atoms with Crippen molar-refractivity contribution < 1.29 is 28.8 Å². The zero-order chi connectivity index (χ0) is 9.30. The molecule has 12 heavy (non-hydrogen) atoms. The molecule has 6 nitrogen and oxygen atoms in total. The average Bonchev–Trinajstić information content (AvgIpc) is 2.30. The summed E-state index contributed by atoms with van der Waals surface area (Å²) >= 11 is -2.61. The lowest BCUT2D eigenvalue weighted by Crippen LogP contribution is -2.35. The van der Waals surface area contributed by atoms with Gasteiger partial charge in [-0.2, -0.15) is 0 Å². The molecule has 5 atom stereocenters. The Morgan fingerprint density at radius 3 is 2.25 bits per heavy atom. The first-order valence-corrected chi connectivity index (χ1v) is 4.42. The third-order valence-corrected chi connectivity index (χ3v) is 2.46. The van der Waals surface area contributed by atoms with Gasteiger partial charge in [0.1, 0.15) is 23.7 Å². The van der Waals surface area contributed by atoms with Gasteiger partial charge >= 0.3 is 0 Å². The number of hydrogen-bond acceptors (Lipinski definition) is 6. The van der Waals surface area contributed by atoms with Gasteiger partial charge in [0.15, 0.2) is 0 Å². The third kappa shape index (κ3) is 1.65. The molecule has 0 aromatic carbocycles. The Labute approximate surface area is 71.1 Å². The van der Waals surface area contributed by atoms with Crippen molar-refractivity contribution in [1.82, 2.24) is 0 Å². The fraction of sp³-hybridized carbons (Fsp3) is 1.00. The summed E-state index contributed by atoms with van der Waals surface area (Å²) in [6, 6.07) is 0. The van der Waals surface area contributed by atoms with E-state index in [2.05, 4.69) is 4.74 Å². The highest BCUT2D eigenvalue weighted by Gasteiger charge is 2.42. The first kappa shape index (κ1) is 10.0. The predicted molar refractivity (Wildman–Crippen MR) is 36.7 cm³/mol. The fourth-order valence-electron chi connectivity index (χ4n) is 1.02. The van der Waals surface area contributed by atoms with Gasteiger partial charge in [0.2, 0.25) is 0 Å². The average molecular weight is 197 g/mol. The van der Waals surface area contributed by atoms with E-state index in [0.29, 0.717) is 0 Å². The van der Waals surface area contributed by atoms with Gasteiger partial charge in [-0.15, -0.1) is 0 Å². The second kappa shape index (κ2) is 3.77. The zero-order valence-electron chi connectivity index (χ0n) is 5.99. The second-order valence-electron chi connectivity index (χ2n) is 2.47. The van der Waals surface area contributed by atoms with E-state index >= 15 is 0 Å². The van der Waals surface area contributed by atoms with E-state index in [9.17, 15) is 8.76 Å². The molecule has 0 bridgehead atoms. The van der Waals surface area contributed by atoms with E-state index in [4.69, 9.17) is 15.3 Å². The minimum absolute atomic E-state index is 0.522. The Morgan fingerprint density at radius 2 is 2.00 bits per heavy atom. The van der Waals surface area contributed by atoms with Crippen LogP contribution in [0.2, 0.25) is 0 Å². The highest BCUT2D eigenvalue weighted by molar-refractivity contribution is 7.79. The molecule has 0 aliphatic carbocycles. The summed E-state index contributed by atoms with van der Waals surface area (Å²) in [5.41, 5.74) is -1.45. The maximum atomic E-state index is 10.3. The quantitative estimate of drug-likeness (QED) is 0.416. The lowest BCUT2D eigenvalue weighted by atomic mass is 10.2. The molecule has 1 fully saturated rings. The first-order chi connectivity index (χ1) is 5.57. The SMILES string of the molecule is O=S([O-])C1O[C@H](CO)[C@@H](O)[C@H]1O. The van der Waals surface area contributed by atoms with E-state index < -0.39 is 41.4 Å². The van der Waals surface area contributed by atoms with Crippen LogP contribution < -0.4 is 0 Å². The fourth-order valence-corrected chi connectivity index (χ4v) is 1.65. The van der Waals surface area contributed by atoms with Crippen molar-refractivity contribution in [2.45, 2.75) is 23.7 Å². The summed E-state index contributed by atoms with van der Waals surface area (Å²) < 4.78 is 25.3. The van der Waals surface area contributed by atoms with Crippen molar-refractivity contribution in [3.05, 3.63) is 0 Å². The van der Waals surface area contributed by atoms with Crippen LogP contribution in [0.15, 0.2) is 0 Å². The summed E-state index contributed by atoms with van der Waals surface area (Å²) in [4.78, 5) is 0. The van der Waals surface area contributed by atoms with Crippen molar-refractivity contribution in [1.29, 1.82) is 0 Å². The van der Waals surface area contributed by atoms with E-state index in [1.54, 1.807) is 0 Å². The highest BCUT2D eigenvalue weighted by Crippen LogP contribution is 2.22. The van der Waals surface area contributed by atoms with Crippen molar-refractivity contribution in [2.24, 2.45) is 0 Å². The smallest absolute Gasteiger partial charge is 0.148 e. The van der Waals surface area contributed by atoms with Gasteiger partial charge in [0, 0.05) is 0 Å². The maximum Gasteiger partial charge on any atom is 0.148 e. The molecule has 1 saturated heterocycles. The molecule has 72 valence electrons. The summed E-state index contributed by atoms with van der Waals surface area (Å²) in [5.74, 6) is 0. The molecule has 2 unspecified atom stereocenters. The Hall–Kier alpha value is -0.0500. The summed E-state index contributed by atoms with van der Waals surface area (Å²) in [6.45, 7) is -0.522. The van der Waals surface area contributed by atoms with Crippen molar-refractivity contribution in [3.8, 4) is 0 Å². The predicted octanol–water partition coefficient (Wildman–Crippen LogP) is -2.70. The molecule has 3 N–H and O–H groups in total. The third-order valence-electron chi connectivity index (χ3n) is 1.69. The van der Waals surface area contributed by atoms with Gasteiger partial charge in [-0.3, -0.25) is 4.21 Å². The number of rotatable bonds is 2. The Morgan fingerprint density at radius 1 is 1.42 bits per heavy atom. The normalized spacial score (nSPS) is 44.7. The van der Waals surface area contributed by atoms with Gasteiger partial charge in [0.05, 0.1) is 6.61 Å². The van der Waals surface area contributed by atoms with Crippen LogP contribution in [0.1, 0.15) is 0 Å². The summed E-state index contributed by atoms with van der Waals surface area (Å²) in [7, 11) is 0. The Balaban J connectivity index is 2.66. The second-order valence-corrected chi connectivity index (χ2v) is 3.45. The monoisotopic (exact) mass is 197 g/mol. The summed E-state index contributed by atoms with van der Waals surface area (Å²) in [5, 5.41) is 26.7. The van der Waals surface area contributed by atoms with Crippen molar-refractivity contribution in [2.75, 3.05) is 6.61 Å². The van der Waals surface area contributed by atoms with Gasteiger partial charge in [0.25, 0.3) is 0 Å². The zero-order valence-corrected chi connectivity index (χ0v) is 6.81. The van der Waals surface area contributed by atoms with Crippen LogP contribution in [0.4, 0.5) is 0 Å². The maximum absolute atomic E-state index is 10.3. The highest BCUT2D eigenvalue weighted by atomic mass is 32.2. The van der Waals surface area contributed by atoms with E-state index in [1.165, 1.54) is 0 Å². The molecule has 0 aromatic rings. The van der Waals surface area contributed by atoms with E-state index in [0.717, 1.165) is 0 Å². The lowest BCUT2D eigenvalue weighted by Gasteiger charge is -2.16. The Kier molecular flexibility index (Phi) is 3.16. The van der Waals surface area contributed by atoms with Crippen molar-refractivity contribution in [3.63, 3.8) is 0 Å². The van der Waals surface area contributed by atoms with Crippen LogP contribution in [-0.4, -0.2) is 54.4 Å². The van der Waals surface area contributed by atoms with Crippen LogP contribution >= 0.6 is 0 Å². The molecule has 0 saturated carbocycles. The number of hydrogen-bond donors (Lipinski definition) is 3. The van der Waals surface area contributed by atoms with Crippen LogP contribution in [0.25, 0.3) is 0 Å². The molecule has 1 aliphatic heterocycles. The van der Waals surface area contributed by atoms with Gasteiger partial charge < -0.3 is 24.6 Å². The van der Waals surface area contributed by atoms with Gasteiger partial charge in [-0.05, 0) is 11.1 Å². The van der Waals surface area contributed by atoms with Gasteiger partial charge in [-0.25, -0.2) is 0 Å². The molecular weight excluding hydrogens is 188 g/mol. The minimum atomic E-state index is -2.61. The largest absolute Gasteiger partial charge is 0.770 e. The standard InChI is InChI=1S/C5H10O6S/c6-1-2-3(7)4(8)5(11-2)12(9)10/h2-8H,1H2,(H,9,10)/p-1/t2-,3-,4-,5?/m1/s1. The number of aliphatic hydroxyl groups is 3. The topological polar surface area (TPSA) is 110 Å². The molecule has 0 amide bonds. The van der Waals surface area contributed by atoms with Crippen LogP contribution in [-0.2, 0) is 15.8 Å². The molecule has 0 radical (unpaired) electrons. The molecule has 0 spiro atoms. The summed E-state index contributed by atoms with van der Waals surface area (Å²) in [6.07, 6.45) is -3.86. The molecule has 1 rings (SSSR count). The molecule has 1 aliphatic rings. The number of aliphatic hydroxyl groups excluding tert-OH is 3. The molecule has 7 heteroatoms. The molecule has 1 heterocycles. The van der Waals surface area contributed by atoms with Crippen LogP contribution in [0.5, 0.6) is 0 Å². The molecule has 0 aromatic heterocycles. The minimum Gasteiger partial charge on any atom is -0.770 e. The van der Waals surface area contributed by atoms with Crippen LogP contribution in [0, 0.1) is 0 Å². The van der Waals surface area contributed by atoms with E-state index in [1.807, 2.05) is 0 Å². The van der Waals surface area contributed by atoms with Gasteiger partial charge in [-0.1, -0.05) is 0 Å². The lowest BCUT2D eigenvalue weighted by molar-refractivity contribution is -0.00893. The Bertz CT molecular complexity index is 185. The van der Waals surface area contributed by atoms with Crippen LogP contribution in [0.3, 0.4) is 0 Å².